The molecule has 1 aliphatic rings. The van der Waals surface area contributed by atoms with Gasteiger partial charge in [-0.05, 0) is 69.0 Å². The first-order chi connectivity index (χ1) is 14.5. The van der Waals surface area contributed by atoms with Gasteiger partial charge in [-0.2, -0.15) is 4.31 Å². The van der Waals surface area contributed by atoms with Crippen molar-refractivity contribution in [2.24, 2.45) is 0 Å². The van der Waals surface area contributed by atoms with Crippen molar-refractivity contribution < 1.29 is 18.0 Å². The van der Waals surface area contributed by atoms with E-state index in [0.29, 0.717) is 16.8 Å². The summed E-state index contributed by atoms with van der Waals surface area (Å²) in [4.78, 5) is 27.3. The van der Waals surface area contributed by atoms with Crippen LogP contribution in [0.4, 0.5) is 5.69 Å². The number of hydrogen-bond donors (Lipinski definition) is 0. The molecular weight excluding hydrogens is 412 g/mol. The molecule has 1 heterocycles. The Bertz CT molecular complexity index is 1140. The third-order valence-electron chi connectivity index (χ3n) is 5.94. The highest BCUT2D eigenvalue weighted by Gasteiger charge is 2.47. The molecule has 0 radical (unpaired) electrons. The van der Waals surface area contributed by atoms with Crippen molar-refractivity contribution in [3.8, 4) is 0 Å². The van der Waals surface area contributed by atoms with E-state index in [0.717, 1.165) is 25.9 Å². The zero-order valence-corrected chi connectivity index (χ0v) is 19.4. The molecule has 1 unspecified atom stereocenters. The van der Waals surface area contributed by atoms with Gasteiger partial charge in [-0.25, -0.2) is 13.3 Å². The van der Waals surface area contributed by atoms with Gasteiger partial charge in [0, 0.05) is 6.54 Å². The summed E-state index contributed by atoms with van der Waals surface area (Å²) in [6.45, 7) is 12.8. The lowest BCUT2D eigenvalue weighted by molar-refractivity contribution is -0.122. The van der Waals surface area contributed by atoms with E-state index in [2.05, 4.69) is 6.58 Å². The number of anilines is 1. The molecule has 1 aliphatic heterocycles. The van der Waals surface area contributed by atoms with Crippen LogP contribution in [0.15, 0.2) is 47.9 Å². The van der Waals surface area contributed by atoms with Crippen molar-refractivity contribution in [1.82, 2.24) is 4.31 Å². The third kappa shape index (κ3) is 3.95. The average molecular weight is 441 g/mol. The van der Waals surface area contributed by atoms with Gasteiger partial charge in [-0.15, -0.1) is 6.58 Å². The maximum Gasteiger partial charge on any atom is 0.252 e. The summed E-state index contributed by atoms with van der Waals surface area (Å²) in [6, 6.07) is 7.84. The Morgan fingerprint density at radius 3 is 2.10 bits per heavy atom. The fourth-order valence-electron chi connectivity index (χ4n) is 4.01. The van der Waals surface area contributed by atoms with E-state index in [1.54, 1.807) is 26.0 Å². The second-order valence-electron chi connectivity index (χ2n) is 8.08. The van der Waals surface area contributed by atoms with Gasteiger partial charge >= 0.3 is 0 Å². The Kier molecular flexibility index (Phi) is 6.21. The summed E-state index contributed by atoms with van der Waals surface area (Å²) in [5, 5.41) is 0. The molecule has 2 amide bonds. The van der Waals surface area contributed by atoms with Crippen molar-refractivity contribution in [3.05, 3.63) is 70.8 Å². The number of sulfonamides is 1. The number of amides is 2. The van der Waals surface area contributed by atoms with E-state index in [1.807, 2.05) is 39.0 Å². The molecule has 0 saturated carbocycles. The van der Waals surface area contributed by atoms with Crippen LogP contribution in [-0.2, 0) is 19.6 Å². The van der Waals surface area contributed by atoms with Crippen LogP contribution in [0.3, 0.4) is 0 Å². The van der Waals surface area contributed by atoms with Crippen molar-refractivity contribution in [2.75, 3.05) is 11.4 Å². The Labute approximate surface area is 184 Å². The molecule has 7 heteroatoms. The van der Waals surface area contributed by atoms with Gasteiger partial charge in [0.1, 0.15) is 6.04 Å². The SMILES string of the molecule is C=CCN(C1CC(=O)N(c2ccc(C)cc2)C1=O)S(=O)(=O)c1c(C)c(C)cc(C)c1C. The molecule has 6 nitrogen and oxygen atoms in total. The summed E-state index contributed by atoms with van der Waals surface area (Å²) in [7, 11) is -4.06. The van der Waals surface area contributed by atoms with Gasteiger partial charge in [0.05, 0.1) is 17.0 Å². The highest BCUT2D eigenvalue weighted by molar-refractivity contribution is 7.89. The summed E-state index contributed by atoms with van der Waals surface area (Å²) in [6.07, 6.45) is 1.24. The molecule has 1 atom stereocenters. The van der Waals surface area contributed by atoms with Gasteiger partial charge in [-0.1, -0.05) is 29.8 Å². The summed E-state index contributed by atoms with van der Waals surface area (Å²) in [5.41, 5.74) is 4.44. The molecule has 0 aromatic heterocycles. The third-order valence-corrected chi connectivity index (χ3v) is 8.08. The smallest absolute Gasteiger partial charge is 0.252 e. The first-order valence-electron chi connectivity index (χ1n) is 10.1. The molecule has 3 rings (SSSR count). The number of carbonyl (C=O) groups is 2. The van der Waals surface area contributed by atoms with Crippen LogP contribution in [0.2, 0.25) is 0 Å². The standard InChI is InChI=1S/C24H28N2O4S/c1-7-12-25(31(29,30)23-18(5)16(3)13-17(4)19(23)6)21-14-22(27)26(24(21)28)20-10-8-15(2)9-11-20/h7-11,13,21H,1,12,14H2,2-6H3. The number of nitrogens with zero attached hydrogens (tertiary/aromatic N) is 2. The Morgan fingerprint density at radius 2 is 1.58 bits per heavy atom. The lowest BCUT2D eigenvalue weighted by atomic mass is 10.0. The molecule has 0 N–H and O–H groups in total. The van der Waals surface area contributed by atoms with E-state index < -0.39 is 27.9 Å². The molecule has 2 aromatic rings. The molecule has 1 fully saturated rings. The maximum atomic E-state index is 13.8. The summed E-state index contributed by atoms with van der Waals surface area (Å²) >= 11 is 0. The van der Waals surface area contributed by atoms with Crippen LogP contribution < -0.4 is 4.90 Å². The number of imide groups is 1. The Hall–Kier alpha value is -2.77. The molecule has 1 saturated heterocycles. The van der Waals surface area contributed by atoms with E-state index >= 15 is 0 Å². The van der Waals surface area contributed by atoms with E-state index in [9.17, 15) is 18.0 Å². The molecule has 0 bridgehead atoms. The van der Waals surface area contributed by atoms with Crippen molar-refractivity contribution >= 4 is 27.5 Å². The molecule has 164 valence electrons. The first-order valence-corrected chi connectivity index (χ1v) is 11.6. The van der Waals surface area contributed by atoms with Gasteiger partial charge in [0.25, 0.3) is 5.91 Å². The zero-order chi connectivity index (χ0) is 23.1. The molecule has 0 aliphatic carbocycles. The lowest BCUT2D eigenvalue weighted by Crippen LogP contribution is -2.45. The fraction of sp³-hybridized carbons (Fsp3) is 0.333. The topological polar surface area (TPSA) is 74.8 Å². The molecule has 0 spiro atoms. The van der Waals surface area contributed by atoms with Gasteiger partial charge in [-0.3, -0.25) is 9.59 Å². The molecule has 2 aromatic carbocycles. The average Bonchev–Trinajstić information content (AvgIpc) is 2.99. The highest BCUT2D eigenvalue weighted by atomic mass is 32.2. The summed E-state index contributed by atoms with van der Waals surface area (Å²) < 4.78 is 28.7. The van der Waals surface area contributed by atoms with Crippen LogP contribution >= 0.6 is 0 Å². The number of carbonyl (C=O) groups excluding carboxylic acids is 2. The van der Waals surface area contributed by atoms with E-state index in [1.165, 1.54) is 6.08 Å². The minimum absolute atomic E-state index is 0.0698. The van der Waals surface area contributed by atoms with Crippen molar-refractivity contribution in [3.63, 3.8) is 0 Å². The van der Waals surface area contributed by atoms with Crippen LogP contribution in [0, 0.1) is 34.6 Å². The number of benzene rings is 2. The quantitative estimate of drug-likeness (QED) is 0.507. The van der Waals surface area contributed by atoms with Gasteiger partial charge in [0.15, 0.2) is 0 Å². The van der Waals surface area contributed by atoms with Crippen molar-refractivity contribution in [1.29, 1.82) is 0 Å². The minimum Gasteiger partial charge on any atom is -0.274 e. The largest absolute Gasteiger partial charge is 0.274 e. The fourth-order valence-corrected chi connectivity index (χ4v) is 6.14. The number of hydrogen-bond acceptors (Lipinski definition) is 4. The highest BCUT2D eigenvalue weighted by Crippen LogP contribution is 2.33. The Morgan fingerprint density at radius 1 is 1.03 bits per heavy atom. The van der Waals surface area contributed by atoms with Crippen LogP contribution in [0.5, 0.6) is 0 Å². The second kappa shape index (κ2) is 8.40. The lowest BCUT2D eigenvalue weighted by Gasteiger charge is -2.28. The van der Waals surface area contributed by atoms with Crippen LogP contribution in [-0.4, -0.2) is 37.1 Å². The van der Waals surface area contributed by atoms with E-state index in [-0.39, 0.29) is 17.9 Å². The van der Waals surface area contributed by atoms with Gasteiger partial charge < -0.3 is 0 Å². The van der Waals surface area contributed by atoms with Crippen molar-refractivity contribution in [2.45, 2.75) is 52.0 Å². The second-order valence-corrected chi connectivity index (χ2v) is 9.90. The molecular formula is C24H28N2O4S. The summed E-state index contributed by atoms with van der Waals surface area (Å²) in [5.74, 6) is -0.962. The monoisotopic (exact) mass is 440 g/mol. The predicted molar refractivity (Wildman–Crippen MR) is 122 cm³/mol. The Balaban J connectivity index is 2.09. The van der Waals surface area contributed by atoms with E-state index in [4.69, 9.17) is 0 Å². The zero-order valence-electron chi connectivity index (χ0n) is 18.6. The minimum atomic E-state index is -4.06. The number of rotatable bonds is 6. The molecule has 31 heavy (non-hydrogen) atoms. The normalized spacial score (nSPS) is 17.0. The van der Waals surface area contributed by atoms with Crippen LogP contribution in [0.25, 0.3) is 0 Å². The van der Waals surface area contributed by atoms with Gasteiger partial charge in [0.2, 0.25) is 15.9 Å². The predicted octanol–water partition coefficient (Wildman–Crippen LogP) is 3.74. The van der Waals surface area contributed by atoms with Crippen LogP contribution in [0.1, 0.15) is 34.2 Å². The number of aryl methyl sites for hydroxylation is 3. The first kappa shape index (κ1) is 22.9. The maximum absolute atomic E-state index is 13.8.